The van der Waals surface area contributed by atoms with Crippen molar-refractivity contribution in [1.29, 1.82) is 0 Å². The molecule has 24 heavy (non-hydrogen) atoms. The summed E-state index contributed by atoms with van der Waals surface area (Å²) in [5.41, 5.74) is 0.649. The van der Waals surface area contributed by atoms with Crippen LogP contribution in [-0.2, 0) is 11.3 Å². The van der Waals surface area contributed by atoms with Gasteiger partial charge < -0.3 is 14.3 Å². The van der Waals surface area contributed by atoms with Crippen LogP contribution in [0.5, 0.6) is 0 Å². The van der Waals surface area contributed by atoms with E-state index in [0.717, 1.165) is 4.88 Å². The van der Waals surface area contributed by atoms with Crippen molar-refractivity contribution in [2.75, 3.05) is 12.4 Å². The van der Waals surface area contributed by atoms with E-state index in [1.54, 1.807) is 23.5 Å². The summed E-state index contributed by atoms with van der Waals surface area (Å²) >= 11 is 2.87. The molecule has 1 N–H and O–H groups in total. The third-order valence-corrected chi connectivity index (χ3v) is 4.84. The minimum absolute atomic E-state index is 0.240. The van der Waals surface area contributed by atoms with E-state index in [1.807, 2.05) is 17.5 Å². The zero-order chi connectivity index (χ0) is 16.8. The fraction of sp³-hybridized carbons (Fsp3) is 0.250. The molecule has 0 unspecified atom stereocenters. The average molecular weight is 366 g/mol. The first-order chi connectivity index (χ1) is 11.7. The summed E-state index contributed by atoms with van der Waals surface area (Å²) in [4.78, 5) is 1.12. The smallest absolute Gasteiger partial charge is 0.276 e. The quantitative estimate of drug-likeness (QED) is 0.614. The van der Waals surface area contributed by atoms with E-state index < -0.39 is 6.10 Å². The third-order valence-electron chi connectivity index (χ3n) is 3.03. The number of nitrogens with zero attached hydrogens (tertiary/aromatic N) is 2. The van der Waals surface area contributed by atoms with E-state index in [-0.39, 0.29) is 12.4 Å². The SMILES string of the molecule is O[C@H](COCc1cccs1)CSc1nnc(-c2ccc(F)cc2)o1. The first-order valence-corrected chi connectivity index (χ1v) is 9.07. The lowest BCUT2D eigenvalue weighted by atomic mass is 10.2. The Kier molecular flexibility index (Phi) is 5.97. The Morgan fingerprint density at radius 2 is 2.08 bits per heavy atom. The summed E-state index contributed by atoms with van der Waals surface area (Å²) in [7, 11) is 0. The first-order valence-electron chi connectivity index (χ1n) is 7.21. The minimum atomic E-state index is -0.629. The highest BCUT2D eigenvalue weighted by atomic mass is 32.2. The van der Waals surface area contributed by atoms with Crippen LogP contribution in [0.3, 0.4) is 0 Å². The van der Waals surface area contributed by atoms with Crippen molar-refractivity contribution in [1.82, 2.24) is 10.2 Å². The van der Waals surface area contributed by atoms with Crippen LogP contribution < -0.4 is 0 Å². The van der Waals surface area contributed by atoms with Crippen LogP contribution in [0.15, 0.2) is 51.4 Å². The number of hydrogen-bond acceptors (Lipinski definition) is 7. The van der Waals surface area contributed by atoms with Gasteiger partial charge >= 0.3 is 0 Å². The van der Waals surface area contributed by atoms with Gasteiger partial charge in [0.2, 0.25) is 5.89 Å². The Bertz CT molecular complexity index is 747. The fourth-order valence-electron chi connectivity index (χ4n) is 1.88. The van der Waals surface area contributed by atoms with Crippen molar-refractivity contribution in [2.24, 2.45) is 0 Å². The maximum atomic E-state index is 12.9. The molecule has 0 saturated heterocycles. The molecule has 0 spiro atoms. The maximum absolute atomic E-state index is 12.9. The fourth-order valence-corrected chi connectivity index (χ4v) is 3.19. The predicted octanol–water partition coefficient (Wildman–Crippen LogP) is 3.61. The summed E-state index contributed by atoms with van der Waals surface area (Å²) in [5.74, 6) is 0.384. The van der Waals surface area contributed by atoms with Gasteiger partial charge in [0.1, 0.15) is 5.82 Å². The Morgan fingerprint density at radius 1 is 1.25 bits per heavy atom. The Morgan fingerprint density at radius 3 is 2.83 bits per heavy atom. The van der Waals surface area contributed by atoms with Gasteiger partial charge in [0, 0.05) is 16.2 Å². The second-order valence-corrected chi connectivity index (χ2v) is 6.94. The lowest BCUT2D eigenvalue weighted by molar-refractivity contribution is 0.0408. The number of hydrogen-bond donors (Lipinski definition) is 1. The van der Waals surface area contributed by atoms with E-state index in [1.165, 1.54) is 23.9 Å². The molecular formula is C16H15FN2O3S2. The largest absolute Gasteiger partial charge is 0.411 e. The average Bonchev–Trinajstić information content (AvgIpc) is 3.25. The molecule has 126 valence electrons. The van der Waals surface area contributed by atoms with Crippen molar-refractivity contribution in [3.63, 3.8) is 0 Å². The van der Waals surface area contributed by atoms with Gasteiger partial charge in [-0.25, -0.2) is 4.39 Å². The molecule has 0 saturated carbocycles. The van der Waals surface area contributed by atoms with E-state index in [9.17, 15) is 9.50 Å². The molecule has 1 aromatic carbocycles. The number of halogens is 1. The van der Waals surface area contributed by atoms with Gasteiger partial charge in [-0.3, -0.25) is 0 Å². The van der Waals surface area contributed by atoms with Crippen molar-refractivity contribution in [3.8, 4) is 11.5 Å². The van der Waals surface area contributed by atoms with Crippen molar-refractivity contribution < 1.29 is 18.7 Å². The number of aliphatic hydroxyl groups is 1. The van der Waals surface area contributed by atoms with Gasteiger partial charge in [0.25, 0.3) is 5.22 Å². The van der Waals surface area contributed by atoms with E-state index in [4.69, 9.17) is 9.15 Å². The molecule has 2 heterocycles. The van der Waals surface area contributed by atoms with E-state index in [0.29, 0.717) is 29.0 Å². The molecule has 3 rings (SSSR count). The molecule has 3 aromatic rings. The Labute approximate surface area is 146 Å². The lowest BCUT2D eigenvalue weighted by Crippen LogP contribution is -2.17. The van der Waals surface area contributed by atoms with Crippen LogP contribution in [0.25, 0.3) is 11.5 Å². The van der Waals surface area contributed by atoms with E-state index in [2.05, 4.69) is 10.2 Å². The van der Waals surface area contributed by atoms with Crippen LogP contribution in [-0.4, -0.2) is 33.8 Å². The van der Waals surface area contributed by atoms with E-state index >= 15 is 0 Å². The number of benzene rings is 1. The second kappa shape index (κ2) is 8.39. The molecule has 0 aliphatic rings. The molecule has 1 atom stereocenters. The van der Waals surface area contributed by atoms with Gasteiger partial charge in [-0.2, -0.15) is 0 Å². The number of aromatic nitrogens is 2. The highest BCUT2D eigenvalue weighted by Crippen LogP contribution is 2.23. The molecule has 0 amide bonds. The number of ether oxygens (including phenoxy) is 1. The molecule has 0 bridgehead atoms. The van der Waals surface area contributed by atoms with Gasteiger partial charge in [0.05, 0.1) is 19.3 Å². The maximum Gasteiger partial charge on any atom is 0.276 e. The summed E-state index contributed by atoms with van der Waals surface area (Å²) in [6, 6.07) is 9.77. The molecule has 0 aliphatic heterocycles. The van der Waals surface area contributed by atoms with Gasteiger partial charge in [0.15, 0.2) is 0 Å². The van der Waals surface area contributed by atoms with Crippen molar-refractivity contribution >= 4 is 23.1 Å². The first kappa shape index (κ1) is 17.1. The van der Waals surface area contributed by atoms with Crippen LogP contribution >= 0.6 is 23.1 Å². The monoisotopic (exact) mass is 366 g/mol. The zero-order valence-electron chi connectivity index (χ0n) is 12.6. The highest BCUT2D eigenvalue weighted by Gasteiger charge is 2.12. The number of thioether (sulfide) groups is 1. The minimum Gasteiger partial charge on any atom is -0.411 e. The second-order valence-electron chi connectivity index (χ2n) is 4.94. The molecule has 2 aromatic heterocycles. The van der Waals surface area contributed by atoms with Crippen LogP contribution in [0, 0.1) is 5.82 Å². The molecular weight excluding hydrogens is 351 g/mol. The highest BCUT2D eigenvalue weighted by molar-refractivity contribution is 7.99. The molecule has 8 heteroatoms. The molecule has 0 radical (unpaired) electrons. The summed E-state index contributed by atoms with van der Waals surface area (Å²) in [6.07, 6.45) is -0.629. The van der Waals surface area contributed by atoms with Gasteiger partial charge in [-0.1, -0.05) is 17.8 Å². The zero-order valence-corrected chi connectivity index (χ0v) is 14.2. The van der Waals surface area contributed by atoms with Crippen LogP contribution in [0.1, 0.15) is 4.88 Å². The number of rotatable bonds is 8. The van der Waals surface area contributed by atoms with Crippen LogP contribution in [0.4, 0.5) is 4.39 Å². The predicted molar refractivity (Wildman–Crippen MR) is 90.4 cm³/mol. The van der Waals surface area contributed by atoms with Crippen LogP contribution in [0.2, 0.25) is 0 Å². The molecule has 0 aliphatic carbocycles. The third kappa shape index (κ3) is 4.88. The Hall–Kier alpha value is -1.74. The number of aliphatic hydroxyl groups excluding tert-OH is 1. The standard InChI is InChI=1S/C16H15FN2O3S2/c17-12-5-3-11(4-6-12)15-18-19-16(22-15)24-10-13(20)8-21-9-14-2-1-7-23-14/h1-7,13,20H,8-10H2/t13-/m1/s1. The number of thiophene rings is 1. The normalized spacial score (nSPS) is 12.4. The van der Waals surface area contributed by atoms with Crippen molar-refractivity contribution in [2.45, 2.75) is 17.9 Å². The van der Waals surface area contributed by atoms with Gasteiger partial charge in [-0.15, -0.1) is 21.5 Å². The molecule has 0 fully saturated rings. The van der Waals surface area contributed by atoms with Gasteiger partial charge in [-0.05, 0) is 35.7 Å². The summed E-state index contributed by atoms with van der Waals surface area (Å²) in [6.45, 7) is 0.735. The molecule has 5 nitrogen and oxygen atoms in total. The summed E-state index contributed by atoms with van der Waals surface area (Å²) < 4.78 is 23.8. The Balaban J connectivity index is 1.44. The van der Waals surface area contributed by atoms with Crippen molar-refractivity contribution in [3.05, 3.63) is 52.5 Å². The topological polar surface area (TPSA) is 68.4 Å². The summed E-state index contributed by atoms with van der Waals surface area (Å²) in [5, 5.41) is 20.1. The lowest BCUT2D eigenvalue weighted by Gasteiger charge is -2.08.